The zero-order valence-corrected chi connectivity index (χ0v) is 17.1. The summed E-state index contributed by atoms with van der Waals surface area (Å²) in [4.78, 5) is 4.72. The summed E-state index contributed by atoms with van der Waals surface area (Å²) in [5.41, 5.74) is 2.14. The van der Waals surface area contributed by atoms with Crippen LogP contribution in [0.15, 0.2) is 94.2 Å². The number of benzene rings is 3. The summed E-state index contributed by atoms with van der Waals surface area (Å²) in [7, 11) is -2.24. The average Bonchev–Trinajstić information content (AvgIpc) is 3.16. The number of nitrogens with zero attached hydrogens (tertiary/aromatic N) is 1. The number of nitrogens with one attached hydrogen (secondary N) is 1. The van der Waals surface area contributed by atoms with Gasteiger partial charge >= 0.3 is 0 Å². The van der Waals surface area contributed by atoms with Crippen LogP contribution >= 0.6 is 0 Å². The average molecular weight is 420 g/mol. The first-order valence-electron chi connectivity index (χ1n) is 9.31. The van der Waals surface area contributed by atoms with Gasteiger partial charge in [-0.05, 0) is 42.0 Å². The Morgan fingerprint density at radius 2 is 1.53 bits per heavy atom. The maximum Gasteiger partial charge on any atom is 0.264 e. The Bertz CT molecular complexity index is 1220. The Hall–Kier alpha value is -3.58. The molecule has 6 nitrogen and oxygen atoms in total. The Kier molecular flexibility index (Phi) is 5.54. The highest BCUT2D eigenvalue weighted by molar-refractivity contribution is 7.92. The maximum absolute atomic E-state index is 12.8. The molecule has 0 bridgehead atoms. The van der Waals surface area contributed by atoms with Gasteiger partial charge in [0, 0.05) is 12.0 Å². The van der Waals surface area contributed by atoms with Crippen LogP contribution in [0.4, 0.5) is 5.88 Å². The van der Waals surface area contributed by atoms with Crippen LogP contribution in [0.3, 0.4) is 0 Å². The maximum atomic E-state index is 12.8. The van der Waals surface area contributed by atoms with Gasteiger partial charge in [0.1, 0.15) is 11.4 Å². The van der Waals surface area contributed by atoms with Crippen LogP contribution in [-0.2, 0) is 16.4 Å². The summed E-state index contributed by atoms with van der Waals surface area (Å²) in [5, 5.41) is 0. The minimum absolute atomic E-state index is 0.0787. The quantitative estimate of drug-likeness (QED) is 0.467. The van der Waals surface area contributed by atoms with Crippen molar-refractivity contribution in [1.29, 1.82) is 0 Å². The molecule has 0 radical (unpaired) electrons. The van der Waals surface area contributed by atoms with E-state index in [2.05, 4.69) is 9.71 Å². The zero-order chi connectivity index (χ0) is 21.0. The summed E-state index contributed by atoms with van der Waals surface area (Å²) in [6.45, 7) is 0. The van der Waals surface area contributed by atoms with Gasteiger partial charge in [0.15, 0.2) is 0 Å². The number of ether oxygens (including phenoxy) is 1. The molecule has 0 saturated heterocycles. The van der Waals surface area contributed by atoms with Gasteiger partial charge < -0.3 is 9.15 Å². The Morgan fingerprint density at radius 3 is 2.17 bits per heavy atom. The minimum atomic E-state index is -3.82. The monoisotopic (exact) mass is 420 g/mol. The van der Waals surface area contributed by atoms with Gasteiger partial charge in [-0.2, -0.15) is 0 Å². The van der Waals surface area contributed by atoms with E-state index in [-0.39, 0.29) is 10.8 Å². The lowest BCUT2D eigenvalue weighted by atomic mass is 10.1. The zero-order valence-electron chi connectivity index (χ0n) is 16.3. The van der Waals surface area contributed by atoms with Crippen molar-refractivity contribution in [3.8, 4) is 17.0 Å². The summed E-state index contributed by atoms with van der Waals surface area (Å²) in [6.07, 6.45) is 0.442. The van der Waals surface area contributed by atoms with Gasteiger partial charge in [-0.15, -0.1) is 0 Å². The highest BCUT2D eigenvalue weighted by Gasteiger charge is 2.22. The third-order valence-corrected chi connectivity index (χ3v) is 5.86. The van der Waals surface area contributed by atoms with Crippen molar-refractivity contribution < 1.29 is 17.6 Å². The predicted molar refractivity (Wildman–Crippen MR) is 115 cm³/mol. The van der Waals surface area contributed by atoms with E-state index < -0.39 is 10.0 Å². The molecule has 4 rings (SSSR count). The van der Waals surface area contributed by atoms with Gasteiger partial charge in [-0.3, -0.25) is 0 Å². The number of oxazole rings is 1. The summed E-state index contributed by atoms with van der Waals surface area (Å²) >= 11 is 0. The van der Waals surface area contributed by atoms with Crippen molar-refractivity contribution in [2.24, 2.45) is 0 Å². The highest BCUT2D eigenvalue weighted by atomic mass is 32.2. The third kappa shape index (κ3) is 4.36. The second-order valence-electron chi connectivity index (χ2n) is 6.59. The molecule has 1 aromatic heterocycles. The number of anilines is 1. The number of hydrogen-bond donors (Lipinski definition) is 1. The largest absolute Gasteiger partial charge is 0.497 e. The molecule has 0 amide bonds. The summed E-state index contributed by atoms with van der Waals surface area (Å²) in [6, 6.07) is 25.1. The first kappa shape index (κ1) is 19.7. The van der Waals surface area contributed by atoms with E-state index in [9.17, 15) is 8.42 Å². The molecule has 3 aromatic carbocycles. The van der Waals surface area contributed by atoms with Gasteiger partial charge in [-0.25, -0.2) is 18.1 Å². The standard InChI is InChI=1S/C23H20N2O4S/c1-28-19-14-12-18(13-15-19)22-23(25-30(26,27)20-10-6-3-7-11-20)29-21(24-22)16-17-8-4-2-5-9-17/h2-15,25H,16H2,1H3. The SMILES string of the molecule is COc1ccc(-c2nc(Cc3ccccc3)oc2NS(=O)(=O)c2ccccc2)cc1. The van der Waals surface area contributed by atoms with Gasteiger partial charge in [0.25, 0.3) is 10.0 Å². The topological polar surface area (TPSA) is 81.4 Å². The Labute approximate surface area is 175 Å². The minimum Gasteiger partial charge on any atom is -0.497 e. The Morgan fingerprint density at radius 1 is 0.900 bits per heavy atom. The smallest absolute Gasteiger partial charge is 0.264 e. The number of rotatable bonds is 7. The molecule has 0 aliphatic carbocycles. The molecule has 7 heteroatoms. The lowest BCUT2D eigenvalue weighted by molar-refractivity contribution is 0.415. The fourth-order valence-corrected chi connectivity index (χ4v) is 4.02. The molecule has 0 unspecified atom stereocenters. The summed E-state index contributed by atoms with van der Waals surface area (Å²) in [5.74, 6) is 1.19. The molecule has 0 aliphatic heterocycles. The number of hydrogen-bond acceptors (Lipinski definition) is 5. The molecule has 0 atom stereocenters. The van der Waals surface area contributed by atoms with E-state index >= 15 is 0 Å². The van der Waals surface area contributed by atoms with Crippen molar-refractivity contribution >= 4 is 15.9 Å². The molecule has 1 N–H and O–H groups in total. The van der Waals surface area contributed by atoms with E-state index in [1.165, 1.54) is 12.1 Å². The van der Waals surface area contributed by atoms with Gasteiger partial charge in [0.05, 0.1) is 12.0 Å². The number of aromatic nitrogens is 1. The van der Waals surface area contributed by atoms with Gasteiger partial charge in [0.2, 0.25) is 11.8 Å². The predicted octanol–water partition coefficient (Wildman–Crippen LogP) is 4.74. The first-order chi connectivity index (χ1) is 14.5. The normalized spacial score (nSPS) is 11.2. The Balaban J connectivity index is 1.73. The molecule has 4 aromatic rings. The van der Waals surface area contributed by atoms with Crippen LogP contribution in [-0.4, -0.2) is 20.5 Å². The van der Waals surface area contributed by atoms with Crippen LogP contribution in [0.1, 0.15) is 11.5 Å². The van der Waals surface area contributed by atoms with E-state index in [1.807, 2.05) is 42.5 Å². The van der Waals surface area contributed by atoms with Crippen LogP contribution in [0.25, 0.3) is 11.3 Å². The van der Waals surface area contributed by atoms with Crippen molar-refractivity contribution in [2.45, 2.75) is 11.3 Å². The summed E-state index contributed by atoms with van der Waals surface area (Å²) < 4.78 is 39.3. The molecule has 0 aliphatic rings. The number of sulfonamides is 1. The van der Waals surface area contributed by atoms with E-state index in [0.717, 1.165) is 5.56 Å². The second kappa shape index (κ2) is 8.42. The van der Waals surface area contributed by atoms with E-state index in [0.29, 0.717) is 29.3 Å². The molecular weight excluding hydrogens is 400 g/mol. The molecule has 0 spiro atoms. The van der Waals surface area contributed by atoms with Crippen molar-refractivity contribution in [3.63, 3.8) is 0 Å². The lowest BCUT2D eigenvalue weighted by Crippen LogP contribution is -2.12. The van der Waals surface area contributed by atoms with Crippen LogP contribution in [0.5, 0.6) is 5.75 Å². The van der Waals surface area contributed by atoms with Crippen LogP contribution < -0.4 is 9.46 Å². The third-order valence-electron chi connectivity index (χ3n) is 4.51. The number of methoxy groups -OCH3 is 1. The second-order valence-corrected chi connectivity index (χ2v) is 8.28. The molecule has 0 saturated carbocycles. The van der Waals surface area contributed by atoms with Crippen LogP contribution in [0, 0.1) is 0 Å². The molecular formula is C23H20N2O4S. The van der Waals surface area contributed by atoms with Crippen molar-refractivity contribution in [3.05, 3.63) is 96.4 Å². The first-order valence-corrected chi connectivity index (χ1v) is 10.8. The van der Waals surface area contributed by atoms with Crippen LogP contribution in [0.2, 0.25) is 0 Å². The van der Waals surface area contributed by atoms with Crippen molar-refractivity contribution in [1.82, 2.24) is 4.98 Å². The fourth-order valence-electron chi connectivity index (χ4n) is 3.00. The highest BCUT2D eigenvalue weighted by Crippen LogP contribution is 2.32. The van der Waals surface area contributed by atoms with Crippen molar-refractivity contribution in [2.75, 3.05) is 11.8 Å². The lowest BCUT2D eigenvalue weighted by Gasteiger charge is -2.07. The van der Waals surface area contributed by atoms with E-state index in [4.69, 9.17) is 9.15 Å². The fraction of sp³-hybridized carbons (Fsp3) is 0.0870. The van der Waals surface area contributed by atoms with E-state index in [1.54, 1.807) is 37.4 Å². The molecule has 1 heterocycles. The molecule has 152 valence electrons. The van der Waals surface area contributed by atoms with Gasteiger partial charge in [-0.1, -0.05) is 48.5 Å². The molecule has 0 fully saturated rings. The molecule has 30 heavy (non-hydrogen) atoms.